The topological polar surface area (TPSA) is 20.2 Å². The van der Waals surface area contributed by atoms with Crippen molar-refractivity contribution < 1.29 is 18.3 Å². The van der Waals surface area contributed by atoms with Crippen molar-refractivity contribution in [2.24, 2.45) is 0 Å². The molecule has 11 heavy (non-hydrogen) atoms. The van der Waals surface area contributed by atoms with Gasteiger partial charge in [0.05, 0.1) is 0 Å². The summed E-state index contributed by atoms with van der Waals surface area (Å²) >= 11 is 0. The van der Waals surface area contributed by atoms with E-state index in [0.29, 0.717) is 6.07 Å². The van der Waals surface area contributed by atoms with Gasteiger partial charge < -0.3 is 5.11 Å². The van der Waals surface area contributed by atoms with Crippen molar-refractivity contribution in [2.45, 2.75) is 0 Å². The zero-order valence-corrected chi connectivity index (χ0v) is 5.66. The van der Waals surface area contributed by atoms with E-state index < -0.39 is 28.7 Å². The van der Waals surface area contributed by atoms with Crippen LogP contribution in [-0.4, -0.2) is 13.0 Å². The Balaban J connectivity index is 3.46. The van der Waals surface area contributed by atoms with Crippen molar-refractivity contribution in [1.82, 2.24) is 0 Å². The number of rotatable bonds is 0. The molecule has 5 heteroatoms. The van der Waals surface area contributed by atoms with Crippen LogP contribution in [0.15, 0.2) is 6.07 Å². The Hall–Kier alpha value is -1.13. The molecule has 0 bridgehead atoms. The van der Waals surface area contributed by atoms with Crippen LogP contribution in [0.1, 0.15) is 0 Å². The number of hydrogen-bond donors (Lipinski definition) is 1. The molecule has 0 spiro atoms. The first kappa shape index (κ1) is 7.98. The lowest BCUT2D eigenvalue weighted by atomic mass is 9.94. The molecule has 0 unspecified atom stereocenters. The van der Waals surface area contributed by atoms with Gasteiger partial charge in [0.1, 0.15) is 13.7 Å². The molecule has 0 atom stereocenters. The Kier molecular flexibility index (Phi) is 1.80. The minimum Gasteiger partial charge on any atom is -0.505 e. The number of phenols is 1. The van der Waals surface area contributed by atoms with Gasteiger partial charge in [0.2, 0.25) is 0 Å². The smallest absolute Gasteiger partial charge is 0.199 e. The first-order valence-corrected chi connectivity index (χ1v) is 2.87. The molecule has 0 fully saturated rings. The minimum atomic E-state index is -1.41. The lowest BCUT2D eigenvalue weighted by Gasteiger charge is -2.01. The Bertz CT molecular complexity index is 274. The maximum Gasteiger partial charge on any atom is 0.199 e. The quantitative estimate of drug-likeness (QED) is 0.420. The first-order valence-electron chi connectivity index (χ1n) is 2.87. The highest BCUT2D eigenvalue weighted by Crippen LogP contribution is 2.17. The molecular weight excluding hydrogens is 156 g/mol. The van der Waals surface area contributed by atoms with E-state index in [2.05, 4.69) is 0 Å². The maximum absolute atomic E-state index is 12.5. The predicted molar refractivity (Wildman–Crippen MR) is 36.2 cm³/mol. The summed E-state index contributed by atoms with van der Waals surface area (Å²) in [5.41, 5.74) is -0.430. The molecule has 0 heterocycles. The van der Waals surface area contributed by atoms with Crippen LogP contribution in [0, 0.1) is 17.5 Å². The average Bonchev–Trinajstić information content (AvgIpc) is 1.97. The molecule has 1 aromatic rings. The van der Waals surface area contributed by atoms with Gasteiger partial charge in [-0.1, -0.05) is 0 Å². The van der Waals surface area contributed by atoms with E-state index in [0.717, 1.165) is 7.85 Å². The molecule has 0 aliphatic heterocycles. The summed E-state index contributed by atoms with van der Waals surface area (Å²) in [4.78, 5) is 0. The molecule has 1 aromatic carbocycles. The van der Waals surface area contributed by atoms with Gasteiger partial charge in [0, 0.05) is 6.07 Å². The molecule has 1 N–H and O–H groups in total. The highest BCUT2D eigenvalue weighted by atomic mass is 19.2. The predicted octanol–water partition coefficient (Wildman–Crippen LogP) is 0.0679. The fourth-order valence-corrected chi connectivity index (χ4v) is 0.674. The van der Waals surface area contributed by atoms with Crippen LogP contribution in [0.3, 0.4) is 0 Å². The van der Waals surface area contributed by atoms with Gasteiger partial charge in [0.25, 0.3) is 0 Å². The summed E-state index contributed by atoms with van der Waals surface area (Å²) in [7, 11) is 1.09. The van der Waals surface area contributed by atoms with Gasteiger partial charge >= 0.3 is 0 Å². The van der Waals surface area contributed by atoms with Crippen molar-refractivity contribution in [3.63, 3.8) is 0 Å². The van der Waals surface area contributed by atoms with Crippen LogP contribution in [0.5, 0.6) is 5.75 Å². The van der Waals surface area contributed by atoms with Crippen LogP contribution >= 0.6 is 0 Å². The van der Waals surface area contributed by atoms with Crippen LogP contribution in [0.4, 0.5) is 13.2 Å². The van der Waals surface area contributed by atoms with Crippen molar-refractivity contribution in [3.8, 4) is 5.75 Å². The number of benzene rings is 1. The number of hydrogen-bond acceptors (Lipinski definition) is 1. The summed E-state index contributed by atoms with van der Waals surface area (Å²) in [6.45, 7) is 0. The monoisotopic (exact) mass is 160 g/mol. The second-order valence-electron chi connectivity index (χ2n) is 2.13. The van der Waals surface area contributed by atoms with Crippen molar-refractivity contribution >= 4 is 13.3 Å². The van der Waals surface area contributed by atoms with Crippen LogP contribution in [0.25, 0.3) is 0 Å². The van der Waals surface area contributed by atoms with E-state index in [4.69, 9.17) is 5.11 Å². The summed E-state index contributed by atoms with van der Waals surface area (Å²) in [5.74, 6) is -4.72. The molecule has 0 aromatic heterocycles. The summed E-state index contributed by atoms with van der Waals surface area (Å²) in [5, 5.41) is 8.55. The van der Waals surface area contributed by atoms with E-state index in [1.165, 1.54) is 0 Å². The number of aromatic hydroxyl groups is 1. The van der Waals surface area contributed by atoms with E-state index in [9.17, 15) is 13.2 Å². The second-order valence-corrected chi connectivity index (χ2v) is 2.13. The van der Waals surface area contributed by atoms with E-state index >= 15 is 0 Å². The first-order chi connectivity index (χ1) is 5.04. The Morgan fingerprint density at radius 1 is 1.18 bits per heavy atom. The zero-order valence-electron chi connectivity index (χ0n) is 5.66. The molecular formula is C6H4BF3O. The Morgan fingerprint density at radius 3 is 2.27 bits per heavy atom. The molecule has 0 aliphatic carbocycles. The van der Waals surface area contributed by atoms with Gasteiger partial charge in [-0.25, -0.2) is 8.78 Å². The molecule has 0 saturated carbocycles. The standard InChI is InChI=1S/C6H4BF3O/c7-4-2(8)1-3(11)5(9)6(4)10/h1,11H,7H2. The van der Waals surface area contributed by atoms with Gasteiger partial charge in [0.15, 0.2) is 17.4 Å². The zero-order chi connectivity index (χ0) is 8.59. The average molecular weight is 160 g/mol. The highest BCUT2D eigenvalue weighted by molar-refractivity contribution is 6.32. The second kappa shape index (κ2) is 2.49. The van der Waals surface area contributed by atoms with Gasteiger partial charge in [-0.3, -0.25) is 0 Å². The van der Waals surface area contributed by atoms with Gasteiger partial charge in [-0.15, -0.1) is 0 Å². The lowest BCUT2D eigenvalue weighted by Crippen LogP contribution is -2.15. The third-order valence-electron chi connectivity index (χ3n) is 1.37. The third kappa shape index (κ3) is 1.18. The van der Waals surface area contributed by atoms with Gasteiger partial charge in [-0.2, -0.15) is 4.39 Å². The Morgan fingerprint density at radius 2 is 1.73 bits per heavy atom. The largest absolute Gasteiger partial charge is 0.505 e. The van der Waals surface area contributed by atoms with Gasteiger partial charge in [-0.05, 0) is 5.46 Å². The molecule has 0 saturated heterocycles. The molecule has 0 amide bonds. The number of halogens is 3. The number of phenolic OH excluding ortho intramolecular Hbond substituents is 1. The Labute approximate surface area is 61.9 Å². The fourth-order valence-electron chi connectivity index (χ4n) is 0.674. The molecule has 0 aliphatic rings. The third-order valence-corrected chi connectivity index (χ3v) is 1.37. The summed E-state index contributed by atoms with van der Waals surface area (Å²) < 4.78 is 37.3. The maximum atomic E-state index is 12.5. The molecule has 1 rings (SSSR count). The fraction of sp³-hybridized carbons (Fsp3) is 0. The minimum absolute atomic E-state index is 0.430. The van der Waals surface area contributed by atoms with Crippen LogP contribution in [0.2, 0.25) is 0 Å². The SMILES string of the molecule is Bc1c(F)cc(O)c(F)c1F. The molecule has 0 radical (unpaired) electrons. The summed E-state index contributed by atoms with van der Waals surface area (Å²) in [6, 6.07) is 0.535. The van der Waals surface area contributed by atoms with Crippen LogP contribution < -0.4 is 5.46 Å². The van der Waals surface area contributed by atoms with E-state index in [-0.39, 0.29) is 0 Å². The highest BCUT2D eigenvalue weighted by Gasteiger charge is 2.13. The molecule has 1 nitrogen and oxygen atoms in total. The van der Waals surface area contributed by atoms with Crippen molar-refractivity contribution in [1.29, 1.82) is 0 Å². The van der Waals surface area contributed by atoms with Crippen molar-refractivity contribution in [3.05, 3.63) is 23.5 Å². The molecule has 58 valence electrons. The lowest BCUT2D eigenvalue weighted by molar-refractivity contribution is 0.402. The van der Waals surface area contributed by atoms with E-state index in [1.807, 2.05) is 0 Å². The summed E-state index contributed by atoms with van der Waals surface area (Å²) in [6.07, 6.45) is 0. The van der Waals surface area contributed by atoms with Crippen molar-refractivity contribution in [2.75, 3.05) is 0 Å². The van der Waals surface area contributed by atoms with E-state index in [1.54, 1.807) is 0 Å². The normalized spacial score (nSPS) is 10.1. The van der Waals surface area contributed by atoms with Crippen LogP contribution in [-0.2, 0) is 0 Å².